The zero-order valence-corrected chi connectivity index (χ0v) is 15.8. The summed E-state index contributed by atoms with van der Waals surface area (Å²) >= 11 is 0. The van der Waals surface area contributed by atoms with Gasteiger partial charge >= 0.3 is 0 Å². The van der Waals surface area contributed by atoms with Crippen LogP contribution in [0.4, 0.5) is 4.39 Å². The van der Waals surface area contributed by atoms with E-state index in [0.717, 1.165) is 30.5 Å². The minimum absolute atomic E-state index is 0.0150. The first-order valence-electron chi connectivity index (χ1n) is 9.34. The van der Waals surface area contributed by atoms with Gasteiger partial charge in [0.25, 0.3) is 5.91 Å². The molecule has 0 spiro atoms. The van der Waals surface area contributed by atoms with Crippen molar-refractivity contribution in [3.05, 3.63) is 59.4 Å². The number of amides is 2. The fourth-order valence-electron chi connectivity index (χ4n) is 3.54. The molecule has 1 saturated heterocycles. The molecule has 0 radical (unpaired) electrons. The van der Waals surface area contributed by atoms with E-state index in [1.54, 1.807) is 30.3 Å². The van der Waals surface area contributed by atoms with Gasteiger partial charge in [-0.3, -0.25) is 9.59 Å². The highest BCUT2D eigenvalue weighted by atomic mass is 19.1. The number of nitrogens with one attached hydrogen (secondary N) is 1. The Morgan fingerprint density at radius 1 is 1.19 bits per heavy atom. The predicted octanol–water partition coefficient (Wildman–Crippen LogP) is 3.79. The van der Waals surface area contributed by atoms with E-state index in [0.29, 0.717) is 24.2 Å². The highest BCUT2D eigenvalue weighted by molar-refractivity contribution is 5.94. The smallest absolute Gasteiger partial charge is 0.253 e. The number of nitrogens with zero attached hydrogens (tertiary/aromatic N) is 1. The van der Waals surface area contributed by atoms with Crippen LogP contribution >= 0.6 is 0 Å². The molecule has 2 aromatic carbocycles. The highest BCUT2D eigenvalue weighted by Crippen LogP contribution is 2.25. The van der Waals surface area contributed by atoms with E-state index in [4.69, 9.17) is 0 Å². The van der Waals surface area contributed by atoms with Gasteiger partial charge in [-0.2, -0.15) is 0 Å². The van der Waals surface area contributed by atoms with Crippen LogP contribution in [-0.2, 0) is 4.79 Å². The number of aryl methyl sites for hydroxylation is 1. The number of halogens is 1. The molecule has 2 amide bonds. The lowest BCUT2D eigenvalue weighted by atomic mass is 9.96. The molecule has 142 valence electrons. The first kappa shape index (κ1) is 19.1. The van der Waals surface area contributed by atoms with Gasteiger partial charge in [0.2, 0.25) is 5.91 Å². The molecule has 5 heteroatoms. The molecule has 1 atom stereocenters. The van der Waals surface area contributed by atoms with Crippen molar-refractivity contribution in [2.75, 3.05) is 19.6 Å². The van der Waals surface area contributed by atoms with Crippen molar-refractivity contribution in [3.63, 3.8) is 0 Å². The van der Waals surface area contributed by atoms with Crippen molar-refractivity contribution < 1.29 is 14.0 Å². The van der Waals surface area contributed by atoms with E-state index in [1.165, 1.54) is 13.0 Å². The minimum atomic E-state index is -0.267. The maximum Gasteiger partial charge on any atom is 0.253 e. The number of rotatable bonds is 4. The molecule has 0 aromatic heterocycles. The van der Waals surface area contributed by atoms with Gasteiger partial charge in [0, 0.05) is 37.7 Å². The molecule has 0 bridgehead atoms. The third-order valence-corrected chi connectivity index (χ3v) is 5.01. The summed E-state index contributed by atoms with van der Waals surface area (Å²) in [6.45, 7) is 5.40. The average molecular weight is 368 g/mol. The molecule has 27 heavy (non-hydrogen) atoms. The third-order valence-electron chi connectivity index (χ3n) is 5.01. The maximum absolute atomic E-state index is 14.1. The number of benzene rings is 2. The molecule has 0 aliphatic carbocycles. The van der Waals surface area contributed by atoms with Crippen LogP contribution < -0.4 is 5.32 Å². The number of hydrogen-bond acceptors (Lipinski definition) is 2. The van der Waals surface area contributed by atoms with E-state index in [2.05, 4.69) is 5.32 Å². The summed E-state index contributed by atoms with van der Waals surface area (Å²) in [6, 6.07) is 12.1. The SMILES string of the molecule is CC(=O)NC[C@H]1CCCN(C(=O)c2ccc(-c3cc(C)ccc3F)cc2)C1. The summed E-state index contributed by atoms with van der Waals surface area (Å²) in [7, 11) is 0. The molecule has 1 fully saturated rings. The number of carbonyl (C=O) groups is 2. The molecular weight excluding hydrogens is 343 g/mol. The van der Waals surface area contributed by atoms with Gasteiger partial charge in [0.05, 0.1) is 0 Å². The maximum atomic E-state index is 14.1. The quantitative estimate of drug-likeness (QED) is 0.893. The van der Waals surface area contributed by atoms with Crippen LogP contribution in [0.3, 0.4) is 0 Å². The molecule has 1 heterocycles. The van der Waals surface area contributed by atoms with Crippen LogP contribution in [0.2, 0.25) is 0 Å². The van der Waals surface area contributed by atoms with Gasteiger partial charge in [0.15, 0.2) is 0 Å². The summed E-state index contributed by atoms with van der Waals surface area (Å²) in [5, 5.41) is 2.84. The Labute approximate surface area is 159 Å². The van der Waals surface area contributed by atoms with Crippen LogP contribution in [-0.4, -0.2) is 36.3 Å². The second kappa shape index (κ2) is 8.33. The lowest BCUT2D eigenvalue weighted by molar-refractivity contribution is -0.119. The van der Waals surface area contributed by atoms with E-state index in [9.17, 15) is 14.0 Å². The standard InChI is InChI=1S/C22H25FN2O2/c1-15-5-10-21(23)20(12-15)18-6-8-19(9-7-18)22(27)25-11-3-4-17(14-25)13-24-16(2)26/h5-10,12,17H,3-4,11,13-14H2,1-2H3,(H,24,26)/t17-/m1/s1. The second-order valence-corrected chi connectivity index (χ2v) is 7.26. The molecular formula is C22H25FN2O2. The average Bonchev–Trinajstić information content (AvgIpc) is 2.68. The van der Waals surface area contributed by atoms with Crippen LogP contribution in [0.5, 0.6) is 0 Å². The molecule has 1 N–H and O–H groups in total. The second-order valence-electron chi connectivity index (χ2n) is 7.26. The summed E-state index contributed by atoms with van der Waals surface area (Å²) in [4.78, 5) is 25.8. The van der Waals surface area contributed by atoms with E-state index >= 15 is 0 Å². The summed E-state index contributed by atoms with van der Waals surface area (Å²) < 4.78 is 14.1. The first-order chi connectivity index (χ1) is 12.9. The molecule has 0 unspecified atom stereocenters. The number of piperidine rings is 1. The first-order valence-corrected chi connectivity index (χ1v) is 9.34. The monoisotopic (exact) mass is 368 g/mol. The van der Waals surface area contributed by atoms with Crippen molar-refractivity contribution >= 4 is 11.8 Å². The van der Waals surface area contributed by atoms with Crippen molar-refractivity contribution in [3.8, 4) is 11.1 Å². The van der Waals surface area contributed by atoms with Gasteiger partial charge in [-0.25, -0.2) is 4.39 Å². The molecule has 1 aliphatic heterocycles. The fourth-order valence-corrected chi connectivity index (χ4v) is 3.54. The van der Waals surface area contributed by atoms with Crippen LogP contribution in [0.15, 0.2) is 42.5 Å². The number of hydrogen-bond donors (Lipinski definition) is 1. The van der Waals surface area contributed by atoms with Gasteiger partial charge in [-0.1, -0.05) is 23.8 Å². The molecule has 1 aliphatic rings. The van der Waals surface area contributed by atoms with Crippen molar-refractivity contribution in [1.82, 2.24) is 10.2 Å². The van der Waals surface area contributed by atoms with E-state index in [-0.39, 0.29) is 23.5 Å². The Kier molecular flexibility index (Phi) is 5.89. The fraction of sp³-hybridized carbons (Fsp3) is 0.364. The largest absolute Gasteiger partial charge is 0.356 e. The van der Waals surface area contributed by atoms with Crippen LogP contribution in [0.25, 0.3) is 11.1 Å². The van der Waals surface area contributed by atoms with Gasteiger partial charge in [-0.05, 0) is 55.5 Å². The normalized spacial score (nSPS) is 16.9. The molecule has 4 nitrogen and oxygen atoms in total. The predicted molar refractivity (Wildman–Crippen MR) is 104 cm³/mol. The van der Waals surface area contributed by atoms with Gasteiger partial charge < -0.3 is 10.2 Å². The number of carbonyl (C=O) groups excluding carboxylic acids is 2. The molecule has 3 rings (SSSR count). The Bertz CT molecular complexity index is 833. The van der Waals surface area contributed by atoms with E-state index < -0.39 is 0 Å². The van der Waals surface area contributed by atoms with Crippen molar-refractivity contribution in [1.29, 1.82) is 0 Å². The van der Waals surface area contributed by atoms with Gasteiger partial charge in [-0.15, -0.1) is 0 Å². The van der Waals surface area contributed by atoms with Gasteiger partial charge in [0.1, 0.15) is 5.82 Å². The summed E-state index contributed by atoms with van der Waals surface area (Å²) in [5.74, 6) is -0.0417. The Hall–Kier alpha value is -2.69. The number of likely N-dealkylation sites (tertiary alicyclic amines) is 1. The Balaban J connectivity index is 1.70. The Morgan fingerprint density at radius 2 is 1.93 bits per heavy atom. The topological polar surface area (TPSA) is 49.4 Å². The van der Waals surface area contributed by atoms with Crippen molar-refractivity contribution in [2.24, 2.45) is 5.92 Å². The zero-order chi connectivity index (χ0) is 19.4. The summed E-state index contributed by atoms with van der Waals surface area (Å²) in [6.07, 6.45) is 1.94. The third kappa shape index (κ3) is 4.73. The zero-order valence-electron chi connectivity index (χ0n) is 15.8. The lowest BCUT2D eigenvalue weighted by Crippen LogP contribution is -2.43. The highest BCUT2D eigenvalue weighted by Gasteiger charge is 2.24. The van der Waals surface area contributed by atoms with Crippen molar-refractivity contribution in [2.45, 2.75) is 26.7 Å². The summed E-state index contributed by atoms with van der Waals surface area (Å²) in [5.41, 5.74) is 2.90. The molecule has 2 aromatic rings. The Morgan fingerprint density at radius 3 is 2.63 bits per heavy atom. The van der Waals surface area contributed by atoms with Crippen LogP contribution in [0.1, 0.15) is 35.7 Å². The molecule has 0 saturated carbocycles. The van der Waals surface area contributed by atoms with Crippen LogP contribution in [0, 0.1) is 18.7 Å². The minimum Gasteiger partial charge on any atom is -0.356 e. The van der Waals surface area contributed by atoms with E-state index in [1.807, 2.05) is 17.9 Å². The lowest BCUT2D eigenvalue weighted by Gasteiger charge is -2.33.